The number of phenols is 1. The predicted octanol–water partition coefficient (Wildman–Crippen LogP) is 2.22. The average molecular weight is 278 g/mol. The number of nitrogens with zero attached hydrogens (tertiary/aromatic N) is 1. The molecule has 4 nitrogen and oxygen atoms in total. The molecule has 2 N–H and O–H groups in total. The highest BCUT2D eigenvalue weighted by Gasteiger charge is 2.14. The minimum atomic E-state index is 0.324. The highest BCUT2D eigenvalue weighted by Crippen LogP contribution is 2.22. The molecule has 0 atom stereocenters. The largest absolute Gasteiger partial charge is 0.508 e. The van der Waals surface area contributed by atoms with Crippen LogP contribution in [-0.2, 0) is 6.54 Å². The summed E-state index contributed by atoms with van der Waals surface area (Å²) in [7, 11) is 1.64. The molecule has 0 amide bonds. The number of nitrogens with one attached hydrogen (secondary N) is 1. The minimum absolute atomic E-state index is 0.324. The van der Waals surface area contributed by atoms with Gasteiger partial charge >= 0.3 is 0 Å². The zero-order chi connectivity index (χ0) is 14.4. The van der Waals surface area contributed by atoms with E-state index in [1.807, 2.05) is 6.07 Å². The average Bonchev–Trinajstić information content (AvgIpc) is 2.47. The van der Waals surface area contributed by atoms with Gasteiger partial charge in [0.2, 0.25) is 0 Å². The fourth-order valence-corrected chi connectivity index (χ4v) is 2.58. The van der Waals surface area contributed by atoms with E-state index < -0.39 is 0 Å². The first kappa shape index (κ1) is 15.1. The summed E-state index contributed by atoms with van der Waals surface area (Å²) in [5.74, 6) is 1.99. The SMILES string of the molecule is COc1ccc(O)c(CNCCN2CCC(C)CC2)c1. The Bertz CT molecular complexity index is 415. The molecule has 1 aromatic carbocycles. The predicted molar refractivity (Wildman–Crippen MR) is 81.2 cm³/mol. The zero-order valence-electron chi connectivity index (χ0n) is 12.6. The van der Waals surface area contributed by atoms with E-state index in [0.29, 0.717) is 12.3 Å². The molecule has 4 heteroatoms. The van der Waals surface area contributed by atoms with Crippen LogP contribution in [0.15, 0.2) is 18.2 Å². The lowest BCUT2D eigenvalue weighted by molar-refractivity contribution is 0.193. The van der Waals surface area contributed by atoms with Crippen LogP contribution in [0.2, 0.25) is 0 Å². The molecule has 0 radical (unpaired) electrons. The second kappa shape index (κ2) is 7.50. The second-order valence-electron chi connectivity index (χ2n) is 5.70. The summed E-state index contributed by atoms with van der Waals surface area (Å²) in [6, 6.07) is 5.33. The standard InChI is InChI=1S/C16H26N2O2/c1-13-5-8-18(9-6-13)10-7-17-12-14-11-15(20-2)3-4-16(14)19/h3-4,11,13,17,19H,5-10,12H2,1-2H3. The molecule has 0 saturated carbocycles. The van der Waals surface area contributed by atoms with Crippen molar-refractivity contribution in [3.8, 4) is 11.5 Å². The molecule has 1 aliphatic heterocycles. The van der Waals surface area contributed by atoms with Crippen molar-refractivity contribution in [2.75, 3.05) is 33.3 Å². The number of benzene rings is 1. The van der Waals surface area contributed by atoms with Gasteiger partial charge in [-0.1, -0.05) is 6.92 Å². The first-order chi connectivity index (χ1) is 9.69. The zero-order valence-corrected chi connectivity index (χ0v) is 12.6. The lowest BCUT2D eigenvalue weighted by Crippen LogP contribution is -2.37. The quantitative estimate of drug-likeness (QED) is 0.783. The van der Waals surface area contributed by atoms with Crippen molar-refractivity contribution in [3.05, 3.63) is 23.8 Å². The van der Waals surface area contributed by atoms with Crippen LogP contribution in [0.1, 0.15) is 25.3 Å². The number of likely N-dealkylation sites (tertiary alicyclic amines) is 1. The number of phenolic OH excluding ortho intramolecular Hbond substituents is 1. The van der Waals surface area contributed by atoms with Gasteiger partial charge in [-0.3, -0.25) is 0 Å². The molecule has 1 fully saturated rings. The Balaban J connectivity index is 1.70. The molecule has 0 bridgehead atoms. The van der Waals surface area contributed by atoms with E-state index in [1.165, 1.54) is 25.9 Å². The van der Waals surface area contributed by atoms with Crippen molar-refractivity contribution in [2.45, 2.75) is 26.3 Å². The number of aromatic hydroxyl groups is 1. The Hall–Kier alpha value is -1.26. The number of hydrogen-bond donors (Lipinski definition) is 2. The van der Waals surface area contributed by atoms with Gasteiger partial charge in [0, 0.05) is 25.2 Å². The van der Waals surface area contributed by atoms with E-state index in [1.54, 1.807) is 19.2 Å². The Labute approximate surface area is 121 Å². The van der Waals surface area contributed by atoms with Crippen molar-refractivity contribution in [1.82, 2.24) is 10.2 Å². The lowest BCUT2D eigenvalue weighted by atomic mass is 9.99. The molecule has 112 valence electrons. The maximum Gasteiger partial charge on any atom is 0.120 e. The van der Waals surface area contributed by atoms with Crippen molar-refractivity contribution in [2.24, 2.45) is 5.92 Å². The maximum absolute atomic E-state index is 9.80. The van der Waals surface area contributed by atoms with Gasteiger partial charge in [-0.15, -0.1) is 0 Å². The Morgan fingerprint density at radius 3 is 2.80 bits per heavy atom. The monoisotopic (exact) mass is 278 g/mol. The fraction of sp³-hybridized carbons (Fsp3) is 0.625. The molecule has 2 rings (SSSR count). The molecule has 1 heterocycles. The lowest BCUT2D eigenvalue weighted by Gasteiger charge is -2.30. The van der Waals surface area contributed by atoms with E-state index >= 15 is 0 Å². The summed E-state index contributed by atoms with van der Waals surface area (Å²) in [5.41, 5.74) is 0.886. The van der Waals surface area contributed by atoms with Crippen LogP contribution < -0.4 is 10.1 Å². The van der Waals surface area contributed by atoms with E-state index in [2.05, 4.69) is 17.1 Å². The normalized spacial score (nSPS) is 17.3. The number of rotatable bonds is 6. The second-order valence-corrected chi connectivity index (χ2v) is 5.70. The van der Waals surface area contributed by atoms with Crippen LogP contribution in [0.5, 0.6) is 11.5 Å². The molecule has 0 unspecified atom stereocenters. The molecule has 1 saturated heterocycles. The third kappa shape index (κ3) is 4.39. The van der Waals surface area contributed by atoms with Crippen molar-refractivity contribution < 1.29 is 9.84 Å². The van der Waals surface area contributed by atoms with Crippen molar-refractivity contribution in [1.29, 1.82) is 0 Å². The summed E-state index contributed by atoms with van der Waals surface area (Å²) >= 11 is 0. The van der Waals surface area contributed by atoms with Gasteiger partial charge in [0.25, 0.3) is 0 Å². The summed E-state index contributed by atoms with van der Waals surface area (Å²) in [5, 5.41) is 13.2. The molecule has 0 spiro atoms. The first-order valence-corrected chi connectivity index (χ1v) is 7.48. The van der Waals surface area contributed by atoms with E-state index in [4.69, 9.17) is 4.74 Å². The summed E-state index contributed by atoms with van der Waals surface area (Å²) in [6.45, 7) is 7.47. The summed E-state index contributed by atoms with van der Waals surface area (Å²) < 4.78 is 5.17. The fourth-order valence-electron chi connectivity index (χ4n) is 2.58. The third-order valence-corrected chi connectivity index (χ3v) is 4.08. The Morgan fingerprint density at radius 1 is 1.35 bits per heavy atom. The molecular formula is C16H26N2O2. The first-order valence-electron chi connectivity index (χ1n) is 7.48. The van der Waals surface area contributed by atoms with E-state index in [0.717, 1.165) is 30.3 Å². The van der Waals surface area contributed by atoms with Crippen molar-refractivity contribution in [3.63, 3.8) is 0 Å². The smallest absolute Gasteiger partial charge is 0.120 e. The molecule has 0 aliphatic carbocycles. The maximum atomic E-state index is 9.80. The molecule has 1 aromatic rings. The third-order valence-electron chi connectivity index (χ3n) is 4.08. The van der Waals surface area contributed by atoms with Gasteiger partial charge in [0.1, 0.15) is 11.5 Å². The highest BCUT2D eigenvalue weighted by molar-refractivity contribution is 5.39. The summed E-state index contributed by atoms with van der Waals surface area (Å²) in [6.07, 6.45) is 2.63. The van der Waals surface area contributed by atoms with Gasteiger partial charge in [-0.25, -0.2) is 0 Å². The van der Waals surface area contributed by atoms with Crippen molar-refractivity contribution >= 4 is 0 Å². The Morgan fingerprint density at radius 2 is 2.10 bits per heavy atom. The number of hydrogen-bond acceptors (Lipinski definition) is 4. The molecule has 0 aromatic heterocycles. The highest BCUT2D eigenvalue weighted by atomic mass is 16.5. The van der Waals surface area contributed by atoms with Gasteiger partial charge < -0.3 is 20.1 Å². The van der Waals surface area contributed by atoms with E-state index in [-0.39, 0.29) is 0 Å². The molecule has 20 heavy (non-hydrogen) atoms. The molecule has 1 aliphatic rings. The van der Waals surface area contributed by atoms with Gasteiger partial charge in [0.05, 0.1) is 7.11 Å². The number of methoxy groups -OCH3 is 1. The van der Waals surface area contributed by atoms with Crippen LogP contribution in [-0.4, -0.2) is 43.3 Å². The number of ether oxygens (including phenoxy) is 1. The topological polar surface area (TPSA) is 44.7 Å². The Kier molecular flexibility index (Phi) is 5.68. The van der Waals surface area contributed by atoms with Crippen LogP contribution in [0.25, 0.3) is 0 Å². The van der Waals surface area contributed by atoms with Crippen LogP contribution in [0, 0.1) is 5.92 Å². The minimum Gasteiger partial charge on any atom is -0.508 e. The van der Waals surface area contributed by atoms with E-state index in [9.17, 15) is 5.11 Å². The van der Waals surface area contributed by atoms with Crippen LogP contribution in [0.3, 0.4) is 0 Å². The summed E-state index contributed by atoms with van der Waals surface area (Å²) in [4.78, 5) is 2.51. The number of piperidine rings is 1. The van der Waals surface area contributed by atoms with Crippen LogP contribution in [0.4, 0.5) is 0 Å². The van der Waals surface area contributed by atoms with Gasteiger partial charge in [0.15, 0.2) is 0 Å². The van der Waals surface area contributed by atoms with Crippen LogP contribution >= 0.6 is 0 Å². The molecular weight excluding hydrogens is 252 g/mol. The van der Waals surface area contributed by atoms with Gasteiger partial charge in [-0.2, -0.15) is 0 Å². The van der Waals surface area contributed by atoms with Gasteiger partial charge in [-0.05, 0) is 50.0 Å².